The van der Waals surface area contributed by atoms with Crippen molar-refractivity contribution in [1.29, 1.82) is 0 Å². The van der Waals surface area contributed by atoms with Gasteiger partial charge in [-0.1, -0.05) is 41.9 Å². The van der Waals surface area contributed by atoms with E-state index < -0.39 is 0 Å². The number of aliphatic hydroxyl groups is 1. The molecule has 1 aromatic carbocycles. The molecule has 0 aliphatic carbocycles. The minimum atomic E-state index is -0.0533. The Bertz CT molecular complexity index is 587. The topological polar surface area (TPSA) is 65.9 Å². The van der Waals surface area contributed by atoms with E-state index in [1.165, 1.54) is 5.56 Å². The first-order valence-electron chi connectivity index (χ1n) is 9.38. The summed E-state index contributed by atoms with van der Waals surface area (Å²) in [6.45, 7) is 10.4. The second kappa shape index (κ2) is 11.6. The summed E-state index contributed by atoms with van der Waals surface area (Å²) >= 11 is 3.49. The molecule has 154 valence electrons. The summed E-state index contributed by atoms with van der Waals surface area (Å²) in [6.07, 6.45) is 1.73. The Hall–Kier alpha value is -0.380. The van der Waals surface area contributed by atoms with Crippen LogP contribution >= 0.6 is 39.9 Å². The van der Waals surface area contributed by atoms with Crippen molar-refractivity contribution in [1.82, 2.24) is 10.6 Å². The molecule has 7 heteroatoms. The van der Waals surface area contributed by atoms with Gasteiger partial charge in [-0.2, -0.15) is 0 Å². The zero-order valence-corrected chi connectivity index (χ0v) is 20.5. The number of aliphatic imine (C=N–C) groups is 1. The van der Waals surface area contributed by atoms with Gasteiger partial charge in [-0.05, 0) is 37.5 Å². The van der Waals surface area contributed by atoms with E-state index in [1.807, 2.05) is 0 Å². The lowest BCUT2D eigenvalue weighted by Gasteiger charge is -2.28. The predicted molar refractivity (Wildman–Crippen MR) is 126 cm³/mol. The van der Waals surface area contributed by atoms with Crippen molar-refractivity contribution in [3.8, 4) is 0 Å². The van der Waals surface area contributed by atoms with Crippen molar-refractivity contribution in [3.63, 3.8) is 0 Å². The Balaban J connectivity index is 0.00000364. The van der Waals surface area contributed by atoms with Crippen LogP contribution in [-0.4, -0.2) is 50.5 Å². The van der Waals surface area contributed by atoms with Crippen LogP contribution in [0.4, 0.5) is 0 Å². The molecule has 1 fully saturated rings. The van der Waals surface area contributed by atoms with Gasteiger partial charge in [0.05, 0.1) is 13.2 Å². The van der Waals surface area contributed by atoms with E-state index in [1.54, 1.807) is 0 Å². The van der Waals surface area contributed by atoms with Gasteiger partial charge in [-0.15, -0.1) is 24.0 Å². The average molecular weight is 554 g/mol. The van der Waals surface area contributed by atoms with Crippen molar-refractivity contribution >= 4 is 45.9 Å². The summed E-state index contributed by atoms with van der Waals surface area (Å²) in [7, 11) is 0. The second-order valence-corrected chi connectivity index (χ2v) is 8.63. The van der Waals surface area contributed by atoms with Crippen molar-refractivity contribution in [3.05, 3.63) is 34.3 Å². The first-order chi connectivity index (χ1) is 12.4. The summed E-state index contributed by atoms with van der Waals surface area (Å²) in [4.78, 5) is 4.82. The molecule has 27 heavy (non-hydrogen) atoms. The first kappa shape index (κ1) is 24.7. The third kappa shape index (κ3) is 7.51. The van der Waals surface area contributed by atoms with E-state index in [2.05, 4.69) is 71.6 Å². The Morgan fingerprint density at radius 1 is 1.30 bits per heavy atom. The number of hydrogen-bond donors (Lipinski definition) is 3. The van der Waals surface area contributed by atoms with Gasteiger partial charge in [0.1, 0.15) is 0 Å². The quantitative estimate of drug-likeness (QED) is 0.261. The zero-order valence-electron chi connectivity index (χ0n) is 16.6. The van der Waals surface area contributed by atoms with Crippen LogP contribution < -0.4 is 10.6 Å². The fourth-order valence-corrected chi connectivity index (χ4v) is 3.46. The average Bonchev–Trinajstić information content (AvgIpc) is 3.07. The Kier molecular flexibility index (Phi) is 10.6. The van der Waals surface area contributed by atoms with Gasteiger partial charge in [0.25, 0.3) is 0 Å². The number of nitrogens with zero attached hydrogens (tertiary/aromatic N) is 1. The highest BCUT2D eigenvalue weighted by atomic mass is 127. The molecule has 2 rings (SSSR count). The zero-order chi connectivity index (χ0) is 19.0. The Morgan fingerprint density at radius 2 is 2.00 bits per heavy atom. The van der Waals surface area contributed by atoms with Crippen LogP contribution in [-0.2, 0) is 10.2 Å². The normalized spacial score (nSPS) is 20.3. The van der Waals surface area contributed by atoms with Crippen LogP contribution in [0.25, 0.3) is 0 Å². The second-order valence-electron chi connectivity index (χ2n) is 7.72. The lowest BCUT2D eigenvalue weighted by molar-refractivity contribution is 0.127. The summed E-state index contributed by atoms with van der Waals surface area (Å²) in [5.74, 6) is 0.821. The van der Waals surface area contributed by atoms with Crippen LogP contribution in [0.1, 0.15) is 39.2 Å². The van der Waals surface area contributed by atoms with E-state index >= 15 is 0 Å². The van der Waals surface area contributed by atoms with Crippen molar-refractivity contribution < 1.29 is 9.84 Å². The summed E-state index contributed by atoms with van der Waals surface area (Å²) in [6, 6.07) is 8.43. The van der Waals surface area contributed by atoms with Crippen LogP contribution in [0.5, 0.6) is 0 Å². The number of aliphatic hydroxyl groups excluding tert-OH is 1. The monoisotopic (exact) mass is 553 g/mol. The van der Waals surface area contributed by atoms with Gasteiger partial charge >= 0.3 is 0 Å². The molecule has 0 bridgehead atoms. The molecule has 0 radical (unpaired) electrons. The molecule has 0 spiro atoms. The SMILES string of the molecule is CCNC(=NCC(C)(C)c1ccc(Br)cc1)NCC1(CCO)CCOC1.I. The Labute approximate surface area is 188 Å². The van der Waals surface area contributed by atoms with Crippen LogP contribution in [0.2, 0.25) is 0 Å². The highest BCUT2D eigenvalue weighted by Gasteiger charge is 2.34. The molecule has 1 aromatic rings. The molecule has 5 nitrogen and oxygen atoms in total. The fourth-order valence-electron chi connectivity index (χ4n) is 3.19. The fraction of sp³-hybridized carbons (Fsp3) is 0.650. The van der Waals surface area contributed by atoms with E-state index in [4.69, 9.17) is 9.73 Å². The largest absolute Gasteiger partial charge is 0.396 e. The number of nitrogens with one attached hydrogen (secondary N) is 2. The van der Waals surface area contributed by atoms with Gasteiger partial charge < -0.3 is 20.5 Å². The van der Waals surface area contributed by atoms with Crippen LogP contribution in [0.15, 0.2) is 33.7 Å². The van der Waals surface area contributed by atoms with Crippen molar-refractivity contribution in [2.45, 2.75) is 39.0 Å². The third-order valence-electron chi connectivity index (χ3n) is 5.06. The maximum atomic E-state index is 9.38. The molecule has 1 saturated heterocycles. The standard InChI is InChI=1S/C20H32BrN3O2.HI/c1-4-22-18(24-14-20(9-11-25)10-12-26-15-20)23-13-19(2,3)16-5-7-17(21)8-6-16;/h5-8,25H,4,9-15H2,1-3H3,(H2,22,23,24);1H. The van der Waals surface area contributed by atoms with Gasteiger partial charge in [0, 0.05) is 41.6 Å². The molecule has 1 unspecified atom stereocenters. The van der Waals surface area contributed by atoms with Crippen LogP contribution in [0.3, 0.4) is 0 Å². The number of rotatable bonds is 8. The van der Waals surface area contributed by atoms with Gasteiger partial charge in [-0.3, -0.25) is 4.99 Å². The molecular formula is C20H33BrIN3O2. The van der Waals surface area contributed by atoms with Crippen molar-refractivity contribution in [2.75, 3.05) is 39.5 Å². The molecule has 1 heterocycles. The van der Waals surface area contributed by atoms with Crippen molar-refractivity contribution in [2.24, 2.45) is 10.4 Å². The lowest BCUT2D eigenvalue weighted by atomic mass is 9.84. The van der Waals surface area contributed by atoms with Crippen LogP contribution in [0, 0.1) is 5.41 Å². The van der Waals surface area contributed by atoms with E-state index in [0.717, 1.165) is 43.0 Å². The number of hydrogen-bond acceptors (Lipinski definition) is 3. The van der Waals surface area contributed by atoms with E-state index in [-0.39, 0.29) is 41.4 Å². The number of benzene rings is 1. The molecule has 3 N–H and O–H groups in total. The third-order valence-corrected chi connectivity index (χ3v) is 5.59. The summed E-state index contributed by atoms with van der Waals surface area (Å²) < 4.78 is 6.66. The predicted octanol–water partition coefficient (Wildman–Crippen LogP) is 3.69. The number of ether oxygens (including phenoxy) is 1. The molecule has 0 aromatic heterocycles. The number of guanidine groups is 1. The number of halogens is 2. The highest BCUT2D eigenvalue weighted by molar-refractivity contribution is 14.0. The molecule has 0 saturated carbocycles. The maximum Gasteiger partial charge on any atom is 0.191 e. The maximum absolute atomic E-state index is 9.38. The van der Waals surface area contributed by atoms with Gasteiger partial charge in [0.2, 0.25) is 0 Å². The van der Waals surface area contributed by atoms with E-state index in [0.29, 0.717) is 13.2 Å². The molecule has 1 aliphatic heterocycles. The summed E-state index contributed by atoms with van der Waals surface area (Å²) in [5.41, 5.74) is 1.22. The smallest absolute Gasteiger partial charge is 0.191 e. The highest BCUT2D eigenvalue weighted by Crippen LogP contribution is 2.31. The molecular weight excluding hydrogens is 521 g/mol. The van der Waals surface area contributed by atoms with E-state index in [9.17, 15) is 5.11 Å². The molecule has 1 atom stereocenters. The minimum Gasteiger partial charge on any atom is -0.396 e. The van der Waals surface area contributed by atoms with Gasteiger partial charge in [-0.25, -0.2) is 0 Å². The van der Waals surface area contributed by atoms with Gasteiger partial charge in [0.15, 0.2) is 5.96 Å². The minimum absolute atomic E-state index is 0. The summed E-state index contributed by atoms with van der Waals surface area (Å²) in [5, 5.41) is 16.2. The lowest BCUT2D eigenvalue weighted by Crippen LogP contribution is -2.45. The first-order valence-corrected chi connectivity index (χ1v) is 10.2. The molecule has 0 amide bonds. The molecule has 1 aliphatic rings. The Morgan fingerprint density at radius 3 is 2.56 bits per heavy atom.